The second kappa shape index (κ2) is 8.80. The van der Waals surface area contributed by atoms with E-state index in [1.165, 1.54) is 0 Å². The quantitative estimate of drug-likeness (QED) is 0.768. The number of rotatable bonds is 8. The van der Waals surface area contributed by atoms with Crippen molar-refractivity contribution in [3.05, 3.63) is 24.2 Å². The molecule has 0 radical (unpaired) electrons. The van der Waals surface area contributed by atoms with Gasteiger partial charge in [-0.05, 0) is 25.0 Å². The number of ether oxygens (including phenoxy) is 2. The molecule has 1 aromatic rings. The lowest BCUT2D eigenvalue weighted by molar-refractivity contribution is -0.000923. The number of hydrogen-bond donors (Lipinski definition) is 1. The van der Waals surface area contributed by atoms with Crippen molar-refractivity contribution in [1.29, 1.82) is 0 Å². The zero-order valence-electron chi connectivity index (χ0n) is 13.7. The second-order valence-corrected chi connectivity index (χ2v) is 6.48. The predicted octanol–water partition coefficient (Wildman–Crippen LogP) is 0.954. The Kier molecular flexibility index (Phi) is 6.47. The van der Waals surface area contributed by atoms with Crippen LogP contribution in [0.25, 0.3) is 0 Å². The molecule has 2 saturated heterocycles. The van der Waals surface area contributed by atoms with E-state index in [9.17, 15) is 5.11 Å². The molecule has 6 heteroatoms. The van der Waals surface area contributed by atoms with Crippen LogP contribution in [0.5, 0.6) is 0 Å². The summed E-state index contributed by atoms with van der Waals surface area (Å²) in [4.78, 5) is 4.52. The highest BCUT2D eigenvalue weighted by molar-refractivity contribution is 4.98. The number of furan rings is 1. The smallest absolute Gasteiger partial charge is 0.117 e. The molecule has 23 heavy (non-hydrogen) atoms. The molecular weight excluding hydrogens is 296 g/mol. The molecule has 3 rings (SSSR count). The van der Waals surface area contributed by atoms with Gasteiger partial charge in [-0.1, -0.05) is 0 Å². The summed E-state index contributed by atoms with van der Waals surface area (Å²) in [5.74, 6) is 0.932. The topological polar surface area (TPSA) is 58.3 Å². The molecule has 1 aromatic heterocycles. The lowest BCUT2D eigenvalue weighted by Crippen LogP contribution is -2.45. The summed E-state index contributed by atoms with van der Waals surface area (Å²) < 4.78 is 16.6. The summed E-state index contributed by atoms with van der Waals surface area (Å²) in [7, 11) is 0. The minimum atomic E-state index is -0.371. The molecule has 0 aliphatic carbocycles. The van der Waals surface area contributed by atoms with Crippen molar-refractivity contribution in [1.82, 2.24) is 9.80 Å². The molecule has 2 unspecified atom stereocenters. The fourth-order valence-electron chi connectivity index (χ4n) is 3.34. The van der Waals surface area contributed by atoms with Gasteiger partial charge in [-0.3, -0.25) is 9.80 Å². The first-order valence-electron chi connectivity index (χ1n) is 8.64. The van der Waals surface area contributed by atoms with Crippen LogP contribution in [-0.2, 0) is 16.0 Å². The molecule has 130 valence electrons. The van der Waals surface area contributed by atoms with E-state index in [4.69, 9.17) is 13.9 Å². The molecule has 0 bridgehead atoms. The fraction of sp³-hybridized carbons (Fsp3) is 0.765. The van der Waals surface area contributed by atoms with Gasteiger partial charge in [-0.25, -0.2) is 0 Å². The maximum atomic E-state index is 10.5. The van der Waals surface area contributed by atoms with Crippen molar-refractivity contribution in [3.63, 3.8) is 0 Å². The summed E-state index contributed by atoms with van der Waals surface area (Å²) in [6.07, 6.45) is 3.85. The normalized spacial score (nSPS) is 24.3. The number of hydrogen-bond acceptors (Lipinski definition) is 6. The molecule has 2 fully saturated rings. The maximum absolute atomic E-state index is 10.5. The summed E-state index contributed by atoms with van der Waals surface area (Å²) >= 11 is 0. The minimum Gasteiger partial charge on any atom is -0.468 e. The summed E-state index contributed by atoms with van der Waals surface area (Å²) in [6.45, 7) is 7.09. The minimum absolute atomic E-state index is 0.278. The molecule has 0 aromatic carbocycles. The third-order valence-electron chi connectivity index (χ3n) is 4.49. The molecule has 0 spiro atoms. The van der Waals surface area contributed by atoms with Gasteiger partial charge in [0.05, 0.1) is 38.2 Å². The summed E-state index contributed by atoms with van der Waals surface area (Å²) in [5.41, 5.74) is 0. The second-order valence-electron chi connectivity index (χ2n) is 6.48. The van der Waals surface area contributed by atoms with Crippen LogP contribution in [0.15, 0.2) is 22.8 Å². The van der Waals surface area contributed by atoms with E-state index in [-0.39, 0.29) is 12.2 Å². The highest BCUT2D eigenvalue weighted by atomic mass is 16.5. The van der Waals surface area contributed by atoms with E-state index in [0.717, 1.165) is 58.1 Å². The first-order valence-corrected chi connectivity index (χ1v) is 8.64. The average Bonchev–Trinajstić information content (AvgIpc) is 3.22. The van der Waals surface area contributed by atoms with Crippen molar-refractivity contribution in [2.45, 2.75) is 31.6 Å². The van der Waals surface area contributed by atoms with Gasteiger partial charge in [-0.15, -0.1) is 0 Å². The monoisotopic (exact) mass is 324 g/mol. The van der Waals surface area contributed by atoms with Gasteiger partial charge in [0, 0.05) is 39.3 Å². The van der Waals surface area contributed by atoms with Crippen LogP contribution in [-0.4, -0.2) is 79.7 Å². The Bertz CT molecular complexity index is 428. The van der Waals surface area contributed by atoms with Gasteiger partial charge in [0.15, 0.2) is 0 Å². The van der Waals surface area contributed by atoms with Crippen LogP contribution in [0.4, 0.5) is 0 Å². The van der Waals surface area contributed by atoms with Crippen LogP contribution in [0.2, 0.25) is 0 Å². The first-order chi connectivity index (χ1) is 11.3. The van der Waals surface area contributed by atoms with E-state index in [0.29, 0.717) is 19.6 Å². The lowest BCUT2D eigenvalue weighted by atomic mass is 10.2. The van der Waals surface area contributed by atoms with E-state index < -0.39 is 0 Å². The summed E-state index contributed by atoms with van der Waals surface area (Å²) in [6, 6.07) is 3.89. The van der Waals surface area contributed by atoms with Gasteiger partial charge in [-0.2, -0.15) is 0 Å². The average molecular weight is 324 g/mol. The number of β-amino-alcohol motifs (C(OH)–C–C–N with tert-alkyl or cyclic N) is 1. The Hall–Kier alpha value is -0.920. The molecule has 1 N–H and O–H groups in total. The molecule has 0 saturated carbocycles. The molecule has 6 nitrogen and oxygen atoms in total. The van der Waals surface area contributed by atoms with Crippen molar-refractivity contribution < 1.29 is 19.0 Å². The van der Waals surface area contributed by atoms with E-state index >= 15 is 0 Å². The van der Waals surface area contributed by atoms with Gasteiger partial charge >= 0.3 is 0 Å². The predicted molar refractivity (Wildman–Crippen MR) is 86.2 cm³/mol. The van der Waals surface area contributed by atoms with E-state index in [2.05, 4.69) is 9.80 Å². The van der Waals surface area contributed by atoms with Crippen molar-refractivity contribution in [2.75, 3.05) is 52.5 Å². The molecule has 0 amide bonds. The van der Waals surface area contributed by atoms with Gasteiger partial charge in [0.2, 0.25) is 0 Å². The molecule has 2 aliphatic rings. The Labute approximate surface area is 137 Å². The lowest BCUT2D eigenvalue weighted by Gasteiger charge is -2.31. The maximum Gasteiger partial charge on any atom is 0.117 e. The summed E-state index contributed by atoms with van der Waals surface area (Å²) in [5, 5.41) is 10.5. The number of morpholine rings is 1. The van der Waals surface area contributed by atoms with Gasteiger partial charge in [0.1, 0.15) is 5.76 Å². The highest BCUT2D eigenvalue weighted by Gasteiger charge is 2.23. The van der Waals surface area contributed by atoms with Gasteiger partial charge in [0.25, 0.3) is 0 Å². The molecule has 2 atom stereocenters. The number of aliphatic hydroxyl groups excluding tert-OH is 1. The van der Waals surface area contributed by atoms with Crippen LogP contribution in [0.3, 0.4) is 0 Å². The Morgan fingerprint density at radius 1 is 1.30 bits per heavy atom. The van der Waals surface area contributed by atoms with Crippen molar-refractivity contribution in [3.8, 4) is 0 Å². The SMILES string of the molecule is OC(CN1CCOCC1)CN(Cc1ccco1)CC1CCCO1. The largest absolute Gasteiger partial charge is 0.468 e. The third-order valence-corrected chi connectivity index (χ3v) is 4.49. The standard InChI is InChI=1S/C17H28N2O4/c20-15(11-18-5-9-21-10-6-18)12-19(13-16-3-1-7-22-16)14-17-4-2-8-23-17/h1,3,7,15,17,20H,2,4-6,8-14H2. The van der Waals surface area contributed by atoms with Crippen LogP contribution < -0.4 is 0 Å². The van der Waals surface area contributed by atoms with Crippen LogP contribution in [0.1, 0.15) is 18.6 Å². The number of nitrogens with zero attached hydrogens (tertiary/aromatic N) is 2. The van der Waals surface area contributed by atoms with Crippen LogP contribution >= 0.6 is 0 Å². The third kappa shape index (κ3) is 5.58. The highest BCUT2D eigenvalue weighted by Crippen LogP contribution is 2.16. The first kappa shape index (κ1) is 16.9. The van der Waals surface area contributed by atoms with E-state index in [1.807, 2.05) is 12.1 Å². The Balaban J connectivity index is 1.50. The van der Waals surface area contributed by atoms with Crippen molar-refractivity contribution >= 4 is 0 Å². The Morgan fingerprint density at radius 3 is 2.87 bits per heavy atom. The molecule has 2 aliphatic heterocycles. The van der Waals surface area contributed by atoms with Crippen molar-refractivity contribution in [2.24, 2.45) is 0 Å². The molecular formula is C17H28N2O4. The zero-order valence-corrected chi connectivity index (χ0v) is 13.7. The molecule has 3 heterocycles. The van der Waals surface area contributed by atoms with E-state index in [1.54, 1.807) is 6.26 Å². The zero-order chi connectivity index (χ0) is 15.9. The van der Waals surface area contributed by atoms with Crippen LogP contribution in [0, 0.1) is 0 Å². The Morgan fingerprint density at radius 2 is 2.17 bits per heavy atom. The number of aliphatic hydroxyl groups is 1. The fourth-order valence-corrected chi connectivity index (χ4v) is 3.34. The van der Waals surface area contributed by atoms with Gasteiger partial charge < -0.3 is 19.0 Å².